The smallest absolute Gasteiger partial charge is 0.339 e. The summed E-state index contributed by atoms with van der Waals surface area (Å²) < 4.78 is 0. The third kappa shape index (κ3) is 2.51. The number of para-hydroxylation sites is 1. The Labute approximate surface area is 111 Å². The summed E-state index contributed by atoms with van der Waals surface area (Å²) in [6.07, 6.45) is 1.38. The van der Waals surface area contributed by atoms with E-state index in [9.17, 15) is 9.90 Å². The number of rotatable bonds is 5. The number of aromatic carboxylic acids is 1. The van der Waals surface area contributed by atoms with E-state index in [2.05, 4.69) is 4.98 Å². The molecule has 1 aromatic carbocycles. The van der Waals surface area contributed by atoms with Gasteiger partial charge in [-0.05, 0) is 13.0 Å². The summed E-state index contributed by atoms with van der Waals surface area (Å²) in [6, 6.07) is 7.41. The lowest BCUT2D eigenvalue weighted by Crippen LogP contribution is -2.28. The van der Waals surface area contributed by atoms with Crippen LogP contribution in [0.5, 0.6) is 0 Å². The van der Waals surface area contributed by atoms with Gasteiger partial charge in [0.15, 0.2) is 0 Å². The highest BCUT2D eigenvalue weighted by Crippen LogP contribution is 2.29. The maximum Gasteiger partial charge on any atom is 0.339 e. The quantitative estimate of drug-likeness (QED) is 0.856. The Balaban J connectivity index is 2.71. The van der Waals surface area contributed by atoms with Crippen LogP contribution < -0.4 is 4.90 Å². The number of aromatic nitrogens is 1. The molecule has 0 aliphatic heterocycles. The average Bonchev–Trinajstić information content (AvgIpc) is 2.43. The normalized spacial score (nSPS) is 10.6. The van der Waals surface area contributed by atoms with Crippen molar-refractivity contribution in [1.82, 2.24) is 4.98 Å². The number of anilines is 1. The lowest BCUT2D eigenvalue weighted by molar-refractivity contribution is 0.0697. The van der Waals surface area contributed by atoms with Crippen LogP contribution in [-0.2, 0) is 0 Å². The topological polar surface area (TPSA) is 73.7 Å². The Morgan fingerprint density at radius 3 is 2.74 bits per heavy atom. The minimum Gasteiger partial charge on any atom is -0.478 e. The molecule has 0 saturated heterocycles. The summed E-state index contributed by atoms with van der Waals surface area (Å²) in [4.78, 5) is 17.4. The predicted octanol–water partition coefficient (Wildman–Crippen LogP) is 1.75. The van der Waals surface area contributed by atoms with Gasteiger partial charge in [-0.1, -0.05) is 18.2 Å². The predicted molar refractivity (Wildman–Crippen MR) is 73.7 cm³/mol. The van der Waals surface area contributed by atoms with Crippen molar-refractivity contribution in [3.05, 3.63) is 36.0 Å². The summed E-state index contributed by atoms with van der Waals surface area (Å²) in [5.41, 5.74) is 1.53. The summed E-state index contributed by atoms with van der Waals surface area (Å²) in [5.74, 6) is -1.01. The zero-order chi connectivity index (χ0) is 13.8. The van der Waals surface area contributed by atoms with Gasteiger partial charge in [-0.2, -0.15) is 0 Å². The van der Waals surface area contributed by atoms with Crippen molar-refractivity contribution in [2.24, 2.45) is 0 Å². The van der Waals surface area contributed by atoms with Crippen LogP contribution in [0.2, 0.25) is 0 Å². The number of hydrogen-bond donors (Lipinski definition) is 2. The Morgan fingerprint density at radius 1 is 1.37 bits per heavy atom. The van der Waals surface area contributed by atoms with Gasteiger partial charge in [-0.3, -0.25) is 4.98 Å². The van der Waals surface area contributed by atoms with E-state index in [0.29, 0.717) is 18.8 Å². The second-order valence-corrected chi connectivity index (χ2v) is 4.15. The van der Waals surface area contributed by atoms with E-state index in [1.54, 1.807) is 0 Å². The zero-order valence-electron chi connectivity index (χ0n) is 10.7. The molecule has 0 atom stereocenters. The van der Waals surface area contributed by atoms with Gasteiger partial charge in [0.2, 0.25) is 0 Å². The molecule has 1 heterocycles. The molecule has 0 bridgehead atoms. The maximum absolute atomic E-state index is 11.4. The molecule has 5 nitrogen and oxygen atoms in total. The average molecular weight is 260 g/mol. The largest absolute Gasteiger partial charge is 0.478 e. The highest BCUT2D eigenvalue weighted by atomic mass is 16.4. The van der Waals surface area contributed by atoms with Crippen LogP contribution in [0.25, 0.3) is 10.9 Å². The minimum atomic E-state index is -1.01. The van der Waals surface area contributed by atoms with Crippen molar-refractivity contribution in [3.63, 3.8) is 0 Å². The molecule has 2 N–H and O–H groups in total. The molecular weight excluding hydrogens is 244 g/mol. The fourth-order valence-corrected chi connectivity index (χ4v) is 2.17. The van der Waals surface area contributed by atoms with Crippen LogP contribution in [0.1, 0.15) is 17.3 Å². The molecule has 2 rings (SSSR count). The molecule has 0 unspecified atom stereocenters. The van der Waals surface area contributed by atoms with Gasteiger partial charge in [0, 0.05) is 24.7 Å². The van der Waals surface area contributed by atoms with Gasteiger partial charge >= 0.3 is 5.97 Å². The third-order valence-electron chi connectivity index (χ3n) is 3.05. The van der Waals surface area contributed by atoms with Crippen molar-refractivity contribution in [2.45, 2.75) is 6.92 Å². The van der Waals surface area contributed by atoms with Crippen LogP contribution in [0.4, 0.5) is 5.69 Å². The number of aliphatic hydroxyl groups excluding tert-OH is 1. The van der Waals surface area contributed by atoms with Crippen molar-refractivity contribution >= 4 is 22.6 Å². The molecule has 0 amide bonds. The molecule has 19 heavy (non-hydrogen) atoms. The highest BCUT2D eigenvalue weighted by molar-refractivity contribution is 6.04. The monoisotopic (exact) mass is 260 g/mol. The number of hydrogen-bond acceptors (Lipinski definition) is 4. The second-order valence-electron chi connectivity index (χ2n) is 4.15. The molecule has 0 spiro atoms. The van der Waals surface area contributed by atoms with Gasteiger partial charge in [-0.25, -0.2) is 4.79 Å². The number of pyridine rings is 1. The van der Waals surface area contributed by atoms with Crippen molar-refractivity contribution in [1.29, 1.82) is 0 Å². The number of carboxylic acid groups (broad SMARTS) is 1. The van der Waals surface area contributed by atoms with E-state index < -0.39 is 5.97 Å². The van der Waals surface area contributed by atoms with Crippen molar-refractivity contribution in [2.75, 3.05) is 24.6 Å². The number of benzene rings is 1. The second kappa shape index (κ2) is 5.67. The van der Waals surface area contributed by atoms with Crippen molar-refractivity contribution in [3.8, 4) is 0 Å². The van der Waals surface area contributed by atoms with Gasteiger partial charge in [0.25, 0.3) is 0 Å². The Hall–Kier alpha value is -2.14. The Morgan fingerprint density at radius 2 is 2.11 bits per heavy atom. The molecule has 5 heteroatoms. The zero-order valence-corrected chi connectivity index (χ0v) is 10.7. The fourth-order valence-electron chi connectivity index (χ4n) is 2.17. The van der Waals surface area contributed by atoms with E-state index in [0.717, 1.165) is 10.9 Å². The van der Waals surface area contributed by atoms with Crippen LogP contribution in [-0.4, -0.2) is 40.9 Å². The Kier molecular flexibility index (Phi) is 3.97. The molecule has 0 saturated carbocycles. The first-order valence-corrected chi connectivity index (χ1v) is 6.15. The Bertz CT molecular complexity index is 598. The van der Waals surface area contributed by atoms with E-state index in [1.807, 2.05) is 36.1 Å². The number of likely N-dealkylation sites (N-methyl/N-ethyl adjacent to an activating group) is 1. The van der Waals surface area contributed by atoms with Crippen molar-refractivity contribution < 1.29 is 15.0 Å². The van der Waals surface area contributed by atoms with Gasteiger partial charge in [-0.15, -0.1) is 0 Å². The SMILES string of the molecule is CCN(CCO)c1c(C(=O)O)cnc2ccccc12. The summed E-state index contributed by atoms with van der Waals surface area (Å²) >= 11 is 0. The maximum atomic E-state index is 11.4. The minimum absolute atomic E-state index is 0.0243. The van der Waals surface area contributed by atoms with E-state index in [-0.39, 0.29) is 12.2 Å². The molecular formula is C14H16N2O3. The number of carboxylic acids is 1. The number of fused-ring (bicyclic) bond motifs is 1. The van der Waals surface area contributed by atoms with Crippen LogP contribution >= 0.6 is 0 Å². The van der Waals surface area contributed by atoms with E-state index in [4.69, 9.17) is 5.11 Å². The summed E-state index contributed by atoms with van der Waals surface area (Å²) in [5, 5.41) is 19.2. The van der Waals surface area contributed by atoms with Gasteiger partial charge in [0.1, 0.15) is 5.56 Å². The fraction of sp³-hybridized carbons (Fsp3) is 0.286. The number of aliphatic hydroxyl groups is 1. The first-order valence-electron chi connectivity index (χ1n) is 6.15. The lowest BCUT2D eigenvalue weighted by atomic mass is 10.1. The van der Waals surface area contributed by atoms with Crippen LogP contribution in [0.15, 0.2) is 30.5 Å². The highest BCUT2D eigenvalue weighted by Gasteiger charge is 2.18. The molecule has 0 fully saturated rings. The summed E-state index contributed by atoms with van der Waals surface area (Å²) in [6.45, 7) is 2.92. The summed E-state index contributed by atoms with van der Waals surface area (Å²) in [7, 11) is 0. The third-order valence-corrected chi connectivity index (χ3v) is 3.05. The molecule has 1 aromatic heterocycles. The van der Waals surface area contributed by atoms with Gasteiger partial charge < -0.3 is 15.1 Å². The molecule has 0 radical (unpaired) electrons. The van der Waals surface area contributed by atoms with Crippen LogP contribution in [0.3, 0.4) is 0 Å². The molecule has 0 aliphatic carbocycles. The van der Waals surface area contributed by atoms with E-state index >= 15 is 0 Å². The van der Waals surface area contributed by atoms with E-state index in [1.165, 1.54) is 6.20 Å². The molecule has 100 valence electrons. The van der Waals surface area contributed by atoms with Crippen LogP contribution in [0, 0.1) is 0 Å². The lowest BCUT2D eigenvalue weighted by Gasteiger charge is -2.25. The number of carbonyl (C=O) groups is 1. The molecule has 2 aromatic rings. The standard InChI is InChI=1S/C14H16N2O3/c1-2-16(7-8-17)13-10-5-3-4-6-12(10)15-9-11(13)14(18)19/h3-6,9,17H,2,7-8H2,1H3,(H,18,19). The van der Waals surface area contributed by atoms with Gasteiger partial charge in [0.05, 0.1) is 17.8 Å². The molecule has 0 aliphatic rings. The first kappa shape index (κ1) is 13.3. The number of nitrogens with zero attached hydrogens (tertiary/aromatic N) is 2. The first-order chi connectivity index (χ1) is 9.19.